The smallest absolute Gasteiger partial charge is 0.324 e. The highest BCUT2D eigenvalue weighted by Crippen LogP contribution is 2.40. The van der Waals surface area contributed by atoms with Crippen molar-refractivity contribution < 1.29 is 14.2 Å². The third kappa shape index (κ3) is 4.33. The van der Waals surface area contributed by atoms with Gasteiger partial charge in [-0.25, -0.2) is 4.39 Å². The lowest BCUT2D eigenvalue weighted by Crippen LogP contribution is -2.51. The summed E-state index contributed by atoms with van der Waals surface area (Å²) in [7, 11) is 2.12. The summed E-state index contributed by atoms with van der Waals surface area (Å²) in [6, 6.07) is 21.7. The molecule has 2 fully saturated rings. The number of anilines is 1. The third-order valence-electron chi connectivity index (χ3n) is 9.03. The molecule has 2 saturated heterocycles. The van der Waals surface area contributed by atoms with E-state index in [4.69, 9.17) is 14.7 Å². The highest BCUT2D eigenvalue weighted by Gasteiger charge is 2.34. The number of aromatic nitrogens is 2. The molecule has 2 atom stereocenters. The van der Waals surface area contributed by atoms with Gasteiger partial charge in [0.05, 0.1) is 0 Å². The molecule has 42 heavy (non-hydrogen) atoms. The lowest BCUT2D eigenvalue weighted by molar-refractivity contribution is 0.308. The number of phenolic OH excluding ortho intramolecular Hbond substituents is 1. The number of hydrogen-bond acceptors (Lipinski definition) is 7. The van der Waals surface area contributed by atoms with E-state index in [1.54, 1.807) is 18.2 Å². The Bertz CT molecular complexity index is 1850. The van der Waals surface area contributed by atoms with Crippen molar-refractivity contribution in [3.8, 4) is 28.6 Å². The number of rotatable bonds is 4. The fraction of sp³-hybridized carbons (Fsp3) is 0.294. The minimum atomic E-state index is -0.452. The predicted molar refractivity (Wildman–Crippen MR) is 163 cm³/mol. The third-order valence-corrected chi connectivity index (χ3v) is 9.03. The van der Waals surface area contributed by atoms with Crippen molar-refractivity contribution in [1.82, 2.24) is 20.2 Å². The number of likely N-dealkylation sites (N-methyl/N-ethyl adjacent to an activating group) is 1. The number of nitrogens with zero attached hydrogens (tertiary/aromatic N) is 4. The van der Waals surface area contributed by atoms with Crippen LogP contribution in [0.1, 0.15) is 24.0 Å². The number of halogens is 1. The fourth-order valence-corrected chi connectivity index (χ4v) is 7.02. The van der Waals surface area contributed by atoms with Gasteiger partial charge >= 0.3 is 6.01 Å². The van der Waals surface area contributed by atoms with Crippen LogP contribution in [0.4, 0.5) is 10.2 Å². The molecule has 0 aliphatic carbocycles. The zero-order chi connectivity index (χ0) is 28.4. The van der Waals surface area contributed by atoms with Crippen LogP contribution in [0.2, 0.25) is 0 Å². The van der Waals surface area contributed by atoms with Crippen LogP contribution < -0.4 is 15.0 Å². The van der Waals surface area contributed by atoms with Crippen LogP contribution in [-0.2, 0) is 13.0 Å². The number of phenols is 1. The molecule has 0 spiro atoms. The summed E-state index contributed by atoms with van der Waals surface area (Å²) >= 11 is 0. The van der Waals surface area contributed by atoms with Gasteiger partial charge in [0.1, 0.15) is 22.8 Å². The number of piperazine rings is 1. The van der Waals surface area contributed by atoms with Crippen molar-refractivity contribution in [2.45, 2.75) is 37.9 Å². The molecule has 7 nitrogen and oxygen atoms in total. The Morgan fingerprint density at radius 3 is 2.62 bits per heavy atom. The molecule has 3 aliphatic heterocycles. The number of ether oxygens (including phenoxy) is 1. The first-order chi connectivity index (χ1) is 20.5. The van der Waals surface area contributed by atoms with Gasteiger partial charge < -0.3 is 25.0 Å². The highest BCUT2D eigenvalue weighted by molar-refractivity contribution is 6.01. The van der Waals surface area contributed by atoms with Crippen LogP contribution >= 0.6 is 0 Å². The van der Waals surface area contributed by atoms with Crippen LogP contribution in [-0.4, -0.2) is 58.7 Å². The molecule has 4 aromatic carbocycles. The van der Waals surface area contributed by atoms with Gasteiger partial charge in [-0.2, -0.15) is 9.97 Å². The van der Waals surface area contributed by atoms with E-state index >= 15 is 4.39 Å². The molecule has 4 heterocycles. The zero-order valence-corrected chi connectivity index (χ0v) is 23.5. The molecule has 1 aromatic heterocycles. The standard InChI is InChI=1S/C34H32FN5O2/c1-39-14-13-26-21(17-39)6-4-8-30(26)42-34-37-32-28(33(38-34)40-18-22-9-10-23(19-40)36-22)12-11-27(31(32)35)29-16-24(41)15-20-5-2-3-7-25(20)29/h2-8,11-12,15-16,22-23,36,41H,9-10,13-14,17-19H2,1H3/t22-,23+. The van der Waals surface area contributed by atoms with Crippen LogP contribution in [0, 0.1) is 5.82 Å². The Kier molecular flexibility index (Phi) is 6.01. The molecule has 2 bridgehead atoms. The Labute approximate surface area is 243 Å². The number of hydrogen-bond donors (Lipinski definition) is 2. The average Bonchev–Trinajstić information content (AvgIpc) is 3.33. The maximum Gasteiger partial charge on any atom is 0.324 e. The summed E-state index contributed by atoms with van der Waals surface area (Å²) in [5, 5.41) is 16.5. The van der Waals surface area contributed by atoms with Gasteiger partial charge in [0.25, 0.3) is 0 Å². The van der Waals surface area contributed by atoms with Crippen molar-refractivity contribution in [2.24, 2.45) is 0 Å². The average molecular weight is 562 g/mol. The summed E-state index contributed by atoms with van der Waals surface area (Å²) in [5.41, 5.74) is 3.60. The normalized spacial score (nSPS) is 20.3. The number of benzene rings is 4. The molecular formula is C34H32FN5O2. The Hall–Kier alpha value is -4.27. The zero-order valence-electron chi connectivity index (χ0n) is 23.5. The van der Waals surface area contributed by atoms with E-state index in [1.165, 1.54) is 5.56 Å². The van der Waals surface area contributed by atoms with Crippen LogP contribution in [0.15, 0.2) is 66.7 Å². The Balaban J connectivity index is 1.30. The van der Waals surface area contributed by atoms with E-state index in [2.05, 4.69) is 28.2 Å². The second-order valence-corrected chi connectivity index (χ2v) is 11.9. The molecular weight excluding hydrogens is 529 g/mol. The minimum Gasteiger partial charge on any atom is -0.508 e. The second-order valence-electron chi connectivity index (χ2n) is 11.9. The number of nitrogens with one attached hydrogen (secondary N) is 1. The van der Waals surface area contributed by atoms with Gasteiger partial charge in [0, 0.05) is 54.8 Å². The Morgan fingerprint density at radius 1 is 0.929 bits per heavy atom. The first kappa shape index (κ1) is 25.4. The van der Waals surface area contributed by atoms with Gasteiger partial charge in [-0.15, -0.1) is 0 Å². The predicted octanol–water partition coefficient (Wildman–Crippen LogP) is 6.02. The van der Waals surface area contributed by atoms with E-state index in [9.17, 15) is 5.11 Å². The van der Waals surface area contributed by atoms with E-state index in [0.717, 1.165) is 67.5 Å². The van der Waals surface area contributed by atoms with Gasteiger partial charge in [-0.3, -0.25) is 0 Å². The lowest BCUT2D eigenvalue weighted by Gasteiger charge is -2.34. The minimum absolute atomic E-state index is 0.0892. The van der Waals surface area contributed by atoms with Crippen molar-refractivity contribution in [3.05, 3.63) is 83.7 Å². The SMILES string of the molecule is CN1CCc2c(cccc2Oc2nc(N3C[C@H]4CC[C@@H](C3)N4)c3ccc(-c4cc(O)cc5ccccc45)c(F)c3n2)C1. The summed E-state index contributed by atoms with van der Waals surface area (Å²) in [4.78, 5) is 14.2. The van der Waals surface area contributed by atoms with Gasteiger partial charge in [-0.1, -0.05) is 42.5 Å². The lowest BCUT2D eigenvalue weighted by atomic mass is 9.96. The molecule has 2 N–H and O–H groups in total. The quantitative estimate of drug-likeness (QED) is 0.278. The van der Waals surface area contributed by atoms with E-state index in [-0.39, 0.29) is 17.3 Å². The van der Waals surface area contributed by atoms with Crippen molar-refractivity contribution >= 4 is 27.5 Å². The van der Waals surface area contributed by atoms with Crippen LogP contribution in [0.5, 0.6) is 17.5 Å². The summed E-state index contributed by atoms with van der Waals surface area (Å²) < 4.78 is 23.1. The van der Waals surface area contributed by atoms with E-state index in [0.29, 0.717) is 34.4 Å². The van der Waals surface area contributed by atoms with Gasteiger partial charge in [0.2, 0.25) is 0 Å². The Morgan fingerprint density at radius 2 is 1.76 bits per heavy atom. The highest BCUT2D eigenvalue weighted by atomic mass is 19.1. The molecule has 212 valence electrons. The first-order valence-corrected chi connectivity index (χ1v) is 14.7. The maximum absolute atomic E-state index is 16.7. The fourth-order valence-electron chi connectivity index (χ4n) is 7.02. The summed E-state index contributed by atoms with van der Waals surface area (Å²) in [6.45, 7) is 3.40. The molecule has 8 rings (SSSR count). The second kappa shape index (κ2) is 9.93. The van der Waals surface area contributed by atoms with Crippen molar-refractivity contribution in [2.75, 3.05) is 31.6 Å². The van der Waals surface area contributed by atoms with E-state index < -0.39 is 5.82 Å². The topological polar surface area (TPSA) is 73.8 Å². The molecule has 0 saturated carbocycles. The maximum atomic E-state index is 16.7. The monoisotopic (exact) mass is 561 g/mol. The molecule has 3 aliphatic rings. The number of fused-ring (bicyclic) bond motifs is 5. The molecule has 0 radical (unpaired) electrons. The van der Waals surface area contributed by atoms with Crippen molar-refractivity contribution in [3.63, 3.8) is 0 Å². The van der Waals surface area contributed by atoms with Crippen molar-refractivity contribution in [1.29, 1.82) is 0 Å². The molecule has 8 heteroatoms. The van der Waals surface area contributed by atoms with Gasteiger partial charge in [-0.05, 0) is 72.5 Å². The molecule has 5 aromatic rings. The summed E-state index contributed by atoms with van der Waals surface area (Å²) in [6.07, 6.45) is 3.12. The molecule has 0 amide bonds. The van der Waals surface area contributed by atoms with Gasteiger partial charge in [0.15, 0.2) is 5.82 Å². The summed E-state index contributed by atoms with van der Waals surface area (Å²) in [5.74, 6) is 1.06. The number of aromatic hydroxyl groups is 1. The first-order valence-electron chi connectivity index (χ1n) is 14.7. The van der Waals surface area contributed by atoms with Crippen LogP contribution in [0.25, 0.3) is 32.8 Å². The molecule has 0 unspecified atom stereocenters. The van der Waals surface area contributed by atoms with Crippen LogP contribution in [0.3, 0.4) is 0 Å². The van der Waals surface area contributed by atoms with E-state index in [1.807, 2.05) is 42.5 Å². The largest absolute Gasteiger partial charge is 0.508 e.